The summed E-state index contributed by atoms with van der Waals surface area (Å²) in [5.74, 6) is 1.87. The van der Waals surface area contributed by atoms with Crippen molar-refractivity contribution < 1.29 is 14.3 Å². The standard InChI is InChI=1S/C20H31NO3/c1-6-7-12-23-19-14-16(2)20(17(3)15-19)24-13-10-8-9-11-18(4)21-22-5/h6-7,14-15H,8-13H2,1-5H3/b7-6+,21-18+. The third kappa shape index (κ3) is 7.53. The number of ether oxygens (including phenoxy) is 2. The van der Waals surface area contributed by atoms with Crippen LogP contribution in [0.15, 0.2) is 29.4 Å². The third-order valence-corrected chi connectivity index (χ3v) is 3.69. The first-order chi connectivity index (χ1) is 11.6. The fourth-order valence-electron chi connectivity index (χ4n) is 2.50. The summed E-state index contributed by atoms with van der Waals surface area (Å²) in [5, 5.41) is 3.92. The Balaban J connectivity index is 2.38. The van der Waals surface area contributed by atoms with Crippen LogP contribution in [0.4, 0.5) is 0 Å². The molecule has 0 radical (unpaired) electrons. The van der Waals surface area contributed by atoms with Crippen LogP contribution < -0.4 is 9.47 Å². The van der Waals surface area contributed by atoms with Gasteiger partial charge in [-0.15, -0.1) is 0 Å². The Kier molecular flexibility index (Phi) is 9.66. The van der Waals surface area contributed by atoms with Crippen molar-refractivity contribution in [3.63, 3.8) is 0 Å². The van der Waals surface area contributed by atoms with E-state index in [2.05, 4.69) is 19.0 Å². The largest absolute Gasteiger partial charge is 0.493 e. The van der Waals surface area contributed by atoms with E-state index >= 15 is 0 Å². The fourth-order valence-corrected chi connectivity index (χ4v) is 2.50. The minimum Gasteiger partial charge on any atom is -0.493 e. The van der Waals surface area contributed by atoms with Crippen molar-refractivity contribution in [3.05, 3.63) is 35.4 Å². The molecule has 1 aromatic rings. The van der Waals surface area contributed by atoms with E-state index in [-0.39, 0.29) is 0 Å². The van der Waals surface area contributed by atoms with Crippen LogP contribution in [0.3, 0.4) is 0 Å². The molecule has 0 amide bonds. The predicted molar refractivity (Wildman–Crippen MR) is 100 cm³/mol. The fraction of sp³-hybridized carbons (Fsp3) is 0.550. The van der Waals surface area contributed by atoms with Gasteiger partial charge in [-0.3, -0.25) is 0 Å². The molecule has 0 heterocycles. The zero-order valence-corrected chi connectivity index (χ0v) is 15.7. The predicted octanol–water partition coefficient (Wildman–Crippen LogP) is 5.22. The van der Waals surface area contributed by atoms with Crippen LogP contribution >= 0.6 is 0 Å². The molecule has 4 nitrogen and oxygen atoms in total. The van der Waals surface area contributed by atoms with Gasteiger partial charge in [-0.05, 0) is 76.6 Å². The Morgan fingerprint density at radius 3 is 2.42 bits per heavy atom. The van der Waals surface area contributed by atoms with Crippen molar-refractivity contribution in [1.29, 1.82) is 0 Å². The maximum Gasteiger partial charge on any atom is 0.125 e. The number of oxime groups is 1. The minimum atomic E-state index is 0.599. The molecule has 0 fully saturated rings. The van der Waals surface area contributed by atoms with Crippen LogP contribution in [0.5, 0.6) is 11.5 Å². The van der Waals surface area contributed by atoms with Gasteiger partial charge in [0.15, 0.2) is 0 Å². The second-order valence-electron chi connectivity index (χ2n) is 5.93. The molecule has 0 N–H and O–H groups in total. The van der Waals surface area contributed by atoms with Crippen LogP contribution in [0.1, 0.15) is 50.7 Å². The number of nitrogens with zero attached hydrogens (tertiary/aromatic N) is 1. The average molecular weight is 333 g/mol. The summed E-state index contributed by atoms with van der Waals surface area (Å²) < 4.78 is 11.7. The zero-order chi connectivity index (χ0) is 17.8. The lowest BCUT2D eigenvalue weighted by Crippen LogP contribution is -2.02. The maximum absolute atomic E-state index is 5.98. The van der Waals surface area contributed by atoms with Gasteiger partial charge in [0.1, 0.15) is 25.2 Å². The second-order valence-corrected chi connectivity index (χ2v) is 5.93. The summed E-state index contributed by atoms with van der Waals surface area (Å²) in [5.41, 5.74) is 3.28. The topological polar surface area (TPSA) is 40.0 Å². The van der Waals surface area contributed by atoms with Crippen molar-refractivity contribution in [1.82, 2.24) is 0 Å². The monoisotopic (exact) mass is 333 g/mol. The van der Waals surface area contributed by atoms with Crippen molar-refractivity contribution in [3.8, 4) is 11.5 Å². The lowest BCUT2D eigenvalue weighted by atomic mass is 10.1. The van der Waals surface area contributed by atoms with Crippen LogP contribution in [0.2, 0.25) is 0 Å². The number of hydrogen-bond acceptors (Lipinski definition) is 4. The number of allylic oxidation sites excluding steroid dienone is 1. The smallest absolute Gasteiger partial charge is 0.125 e. The first-order valence-electron chi connectivity index (χ1n) is 8.63. The van der Waals surface area contributed by atoms with Crippen molar-refractivity contribution in [2.45, 2.75) is 53.4 Å². The number of aryl methyl sites for hydroxylation is 2. The Labute approximate surface area is 146 Å². The Morgan fingerprint density at radius 2 is 1.79 bits per heavy atom. The van der Waals surface area contributed by atoms with Gasteiger partial charge < -0.3 is 14.3 Å². The van der Waals surface area contributed by atoms with E-state index in [1.165, 1.54) is 0 Å². The quantitative estimate of drug-likeness (QED) is 0.241. The van der Waals surface area contributed by atoms with E-state index in [1.807, 2.05) is 38.1 Å². The molecule has 0 atom stereocenters. The number of unbranched alkanes of at least 4 members (excludes halogenated alkanes) is 2. The molecule has 0 unspecified atom stereocenters. The second kappa shape index (κ2) is 11.5. The van der Waals surface area contributed by atoms with Gasteiger partial charge in [-0.1, -0.05) is 17.3 Å². The number of rotatable bonds is 11. The molecular formula is C20H31NO3. The Bertz CT molecular complexity index is 527. The van der Waals surface area contributed by atoms with Crippen LogP contribution in [-0.4, -0.2) is 26.0 Å². The third-order valence-electron chi connectivity index (χ3n) is 3.69. The highest BCUT2D eigenvalue weighted by atomic mass is 16.6. The van der Waals surface area contributed by atoms with E-state index in [4.69, 9.17) is 14.3 Å². The van der Waals surface area contributed by atoms with Crippen molar-refractivity contribution in [2.24, 2.45) is 5.16 Å². The van der Waals surface area contributed by atoms with E-state index < -0.39 is 0 Å². The molecule has 0 saturated carbocycles. The normalized spacial score (nSPS) is 11.8. The van der Waals surface area contributed by atoms with Crippen molar-refractivity contribution >= 4 is 5.71 Å². The van der Waals surface area contributed by atoms with Gasteiger partial charge in [0.25, 0.3) is 0 Å². The summed E-state index contributed by atoms with van der Waals surface area (Å²) in [6.45, 7) is 9.45. The molecule has 0 aliphatic carbocycles. The van der Waals surface area contributed by atoms with E-state index in [1.54, 1.807) is 7.11 Å². The molecule has 0 aliphatic rings. The first-order valence-corrected chi connectivity index (χ1v) is 8.63. The average Bonchev–Trinajstić information content (AvgIpc) is 2.53. The molecule has 0 aliphatic heterocycles. The molecule has 24 heavy (non-hydrogen) atoms. The minimum absolute atomic E-state index is 0.599. The molecular weight excluding hydrogens is 302 g/mol. The highest BCUT2D eigenvalue weighted by Crippen LogP contribution is 2.28. The van der Waals surface area contributed by atoms with Gasteiger partial charge in [-0.25, -0.2) is 0 Å². The molecule has 1 rings (SSSR count). The highest BCUT2D eigenvalue weighted by molar-refractivity contribution is 5.81. The molecule has 0 spiro atoms. The molecule has 0 saturated heterocycles. The van der Waals surface area contributed by atoms with E-state index in [0.717, 1.165) is 60.6 Å². The van der Waals surface area contributed by atoms with Gasteiger partial charge in [-0.2, -0.15) is 0 Å². The summed E-state index contributed by atoms with van der Waals surface area (Å²) in [7, 11) is 1.58. The van der Waals surface area contributed by atoms with Gasteiger partial charge in [0.2, 0.25) is 0 Å². The summed E-state index contributed by atoms with van der Waals surface area (Å²) in [6, 6.07) is 4.08. The number of hydrogen-bond donors (Lipinski definition) is 0. The molecule has 4 heteroatoms. The summed E-state index contributed by atoms with van der Waals surface area (Å²) in [4.78, 5) is 4.76. The SMILES string of the molecule is C/C=C/COc1cc(C)c(OCCCCC/C(C)=N/OC)c(C)c1. The molecule has 0 bridgehead atoms. The maximum atomic E-state index is 5.98. The van der Waals surface area contributed by atoms with Crippen molar-refractivity contribution in [2.75, 3.05) is 20.3 Å². The van der Waals surface area contributed by atoms with E-state index in [0.29, 0.717) is 6.61 Å². The van der Waals surface area contributed by atoms with Crippen LogP contribution in [-0.2, 0) is 4.84 Å². The molecule has 1 aromatic carbocycles. The lowest BCUT2D eigenvalue weighted by molar-refractivity contribution is 0.212. The Morgan fingerprint density at radius 1 is 1.08 bits per heavy atom. The Hall–Kier alpha value is -1.97. The molecule has 134 valence electrons. The van der Waals surface area contributed by atoms with Crippen LogP contribution in [0.25, 0.3) is 0 Å². The zero-order valence-electron chi connectivity index (χ0n) is 15.7. The summed E-state index contributed by atoms with van der Waals surface area (Å²) in [6.07, 6.45) is 8.23. The lowest BCUT2D eigenvalue weighted by Gasteiger charge is -2.14. The first kappa shape index (κ1) is 20.1. The van der Waals surface area contributed by atoms with Gasteiger partial charge >= 0.3 is 0 Å². The van der Waals surface area contributed by atoms with Gasteiger partial charge in [0.05, 0.1) is 12.3 Å². The molecule has 0 aromatic heterocycles. The highest BCUT2D eigenvalue weighted by Gasteiger charge is 2.07. The van der Waals surface area contributed by atoms with E-state index in [9.17, 15) is 0 Å². The van der Waals surface area contributed by atoms with Gasteiger partial charge in [0, 0.05) is 0 Å². The van der Waals surface area contributed by atoms with Crippen LogP contribution in [0, 0.1) is 13.8 Å². The summed E-state index contributed by atoms with van der Waals surface area (Å²) >= 11 is 0. The number of benzene rings is 1.